The third-order valence-corrected chi connectivity index (χ3v) is 5.14. The van der Waals surface area contributed by atoms with Crippen molar-refractivity contribution in [3.63, 3.8) is 0 Å². The molecule has 0 spiro atoms. The van der Waals surface area contributed by atoms with Crippen molar-refractivity contribution >= 4 is 17.2 Å². The number of piperidine rings is 1. The van der Waals surface area contributed by atoms with Gasteiger partial charge < -0.3 is 15.5 Å². The van der Waals surface area contributed by atoms with Crippen LogP contribution in [-0.4, -0.2) is 59.5 Å². The van der Waals surface area contributed by atoms with Crippen molar-refractivity contribution in [3.8, 4) is 0 Å². The topological polar surface area (TPSA) is 62.5 Å². The Morgan fingerprint density at radius 1 is 1.52 bits per heavy atom. The van der Waals surface area contributed by atoms with E-state index in [0.29, 0.717) is 24.3 Å². The van der Waals surface area contributed by atoms with E-state index in [9.17, 15) is 4.79 Å². The monoisotopic (exact) mass is 310 g/mol. The Kier molecular flexibility index (Phi) is 5.72. The van der Waals surface area contributed by atoms with Crippen molar-refractivity contribution in [3.05, 3.63) is 16.1 Å². The molecule has 0 aliphatic carbocycles. The number of carbonyl (C=O) groups excluding carboxylic acids is 1. The Morgan fingerprint density at radius 3 is 2.76 bits per heavy atom. The molecule has 1 aromatic heterocycles. The van der Waals surface area contributed by atoms with Crippen molar-refractivity contribution in [2.24, 2.45) is 5.73 Å². The average Bonchev–Trinajstić information content (AvgIpc) is 2.95. The van der Waals surface area contributed by atoms with Crippen LogP contribution in [0.5, 0.6) is 0 Å². The van der Waals surface area contributed by atoms with Crippen LogP contribution in [0.15, 0.2) is 5.38 Å². The molecule has 1 aliphatic rings. The number of hydrogen-bond acceptors (Lipinski definition) is 5. The number of thiazole rings is 1. The lowest BCUT2D eigenvalue weighted by molar-refractivity contribution is 0.0610. The summed E-state index contributed by atoms with van der Waals surface area (Å²) in [7, 11) is 1.90. The standard InChI is InChI=1S/C15H26N4OS/c1-11(2)19-8-5-12(6-9-19)18(3)15(20)13-10-21-14(17-13)4-7-16/h10-12H,4-9,16H2,1-3H3. The van der Waals surface area contributed by atoms with Crippen LogP contribution in [0.25, 0.3) is 0 Å². The van der Waals surface area contributed by atoms with Crippen molar-refractivity contribution in [1.29, 1.82) is 0 Å². The molecule has 0 radical (unpaired) electrons. The second-order valence-electron chi connectivity index (χ2n) is 5.94. The van der Waals surface area contributed by atoms with E-state index < -0.39 is 0 Å². The van der Waals surface area contributed by atoms with E-state index in [1.165, 1.54) is 11.3 Å². The fourth-order valence-electron chi connectivity index (χ4n) is 2.78. The second kappa shape index (κ2) is 7.33. The normalized spacial score (nSPS) is 17.4. The van der Waals surface area contributed by atoms with Gasteiger partial charge in [-0.15, -0.1) is 11.3 Å². The largest absolute Gasteiger partial charge is 0.337 e. The highest BCUT2D eigenvalue weighted by Crippen LogP contribution is 2.20. The summed E-state index contributed by atoms with van der Waals surface area (Å²) in [5.41, 5.74) is 6.09. The average molecular weight is 310 g/mol. The van der Waals surface area contributed by atoms with E-state index in [1.54, 1.807) is 0 Å². The minimum Gasteiger partial charge on any atom is -0.337 e. The first kappa shape index (κ1) is 16.4. The molecule has 0 aromatic carbocycles. The number of aromatic nitrogens is 1. The number of amides is 1. The van der Waals surface area contributed by atoms with E-state index in [0.717, 1.165) is 37.4 Å². The van der Waals surface area contributed by atoms with Crippen LogP contribution in [-0.2, 0) is 6.42 Å². The van der Waals surface area contributed by atoms with Crippen LogP contribution in [0.1, 0.15) is 42.2 Å². The summed E-state index contributed by atoms with van der Waals surface area (Å²) in [6, 6.07) is 0.913. The van der Waals surface area contributed by atoms with Crippen LogP contribution in [0.4, 0.5) is 0 Å². The molecule has 1 saturated heterocycles. The highest BCUT2D eigenvalue weighted by molar-refractivity contribution is 7.09. The van der Waals surface area contributed by atoms with E-state index in [-0.39, 0.29) is 5.91 Å². The molecule has 0 bridgehead atoms. The molecule has 2 rings (SSSR count). The number of nitrogens with two attached hydrogens (primary N) is 1. The summed E-state index contributed by atoms with van der Waals surface area (Å²) in [6.45, 7) is 7.16. The maximum absolute atomic E-state index is 12.5. The van der Waals surface area contributed by atoms with Gasteiger partial charge >= 0.3 is 0 Å². The fraction of sp³-hybridized carbons (Fsp3) is 0.733. The van der Waals surface area contributed by atoms with Crippen molar-refractivity contribution in [1.82, 2.24) is 14.8 Å². The van der Waals surface area contributed by atoms with Crippen molar-refractivity contribution < 1.29 is 4.79 Å². The van der Waals surface area contributed by atoms with Gasteiger partial charge in [-0.3, -0.25) is 4.79 Å². The van der Waals surface area contributed by atoms with Crippen LogP contribution < -0.4 is 5.73 Å². The fourth-order valence-corrected chi connectivity index (χ4v) is 3.57. The summed E-state index contributed by atoms with van der Waals surface area (Å²) in [4.78, 5) is 21.2. The lowest BCUT2D eigenvalue weighted by Crippen LogP contribution is -2.47. The first-order chi connectivity index (χ1) is 10.0. The van der Waals surface area contributed by atoms with Crippen molar-refractivity contribution in [2.45, 2.75) is 45.2 Å². The Labute approximate surface area is 131 Å². The van der Waals surface area contributed by atoms with Crippen molar-refractivity contribution in [2.75, 3.05) is 26.7 Å². The van der Waals surface area contributed by atoms with Gasteiger partial charge in [0.2, 0.25) is 0 Å². The zero-order valence-electron chi connectivity index (χ0n) is 13.2. The Bertz CT molecular complexity index is 466. The third kappa shape index (κ3) is 4.02. The SMILES string of the molecule is CC(C)N1CCC(N(C)C(=O)c2csc(CCN)n2)CC1. The van der Waals surface area contributed by atoms with E-state index in [2.05, 4.69) is 23.7 Å². The summed E-state index contributed by atoms with van der Waals surface area (Å²) in [5, 5.41) is 2.80. The van der Waals surface area contributed by atoms with Gasteiger partial charge in [0.05, 0.1) is 5.01 Å². The molecule has 118 valence electrons. The third-order valence-electron chi connectivity index (χ3n) is 4.23. The molecule has 0 saturated carbocycles. The number of carbonyl (C=O) groups is 1. The second-order valence-corrected chi connectivity index (χ2v) is 6.88. The molecule has 5 nitrogen and oxygen atoms in total. The lowest BCUT2D eigenvalue weighted by Gasteiger charge is -2.38. The van der Waals surface area contributed by atoms with Gasteiger partial charge in [0.15, 0.2) is 0 Å². The molecular weight excluding hydrogens is 284 g/mol. The number of likely N-dealkylation sites (tertiary alicyclic amines) is 1. The predicted molar refractivity (Wildman–Crippen MR) is 86.7 cm³/mol. The Morgan fingerprint density at radius 2 is 2.19 bits per heavy atom. The minimum atomic E-state index is 0.0394. The summed E-state index contributed by atoms with van der Waals surface area (Å²) < 4.78 is 0. The molecule has 2 N–H and O–H groups in total. The van der Waals surface area contributed by atoms with Crippen LogP contribution >= 0.6 is 11.3 Å². The molecule has 1 fully saturated rings. The molecule has 1 aromatic rings. The Balaban J connectivity index is 1.93. The van der Waals surface area contributed by atoms with E-state index >= 15 is 0 Å². The number of nitrogens with zero attached hydrogens (tertiary/aromatic N) is 3. The summed E-state index contributed by atoms with van der Waals surface area (Å²) in [5.74, 6) is 0.0394. The number of rotatable bonds is 5. The molecular formula is C15H26N4OS. The van der Waals surface area contributed by atoms with Gasteiger partial charge in [-0.05, 0) is 33.2 Å². The first-order valence-electron chi connectivity index (χ1n) is 7.68. The van der Waals surface area contributed by atoms with E-state index in [1.807, 2.05) is 17.3 Å². The molecule has 2 heterocycles. The van der Waals surface area contributed by atoms with E-state index in [4.69, 9.17) is 5.73 Å². The quantitative estimate of drug-likeness (QED) is 0.897. The maximum Gasteiger partial charge on any atom is 0.273 e. The summed E-state index contributed by atoms with van der Waals surface area (Å²) in [6.07, 6.45) is 2.83. The predicted octanol–water partition coefficient (Wildman–Crippen LogP) is 1.59. The first-order valence-corrected chi connectivity index (χ1v) is 8.56. The zero-order chi connectivity index (χ0) is 15.4. The van der Waals surface area contributed by atoms with Gasteiger partial charge in [-0.25, -0.2) is 4.98 Å². The minimum absolute atomic E-state index is 0.0394. The van der Waals surface area contributed by atoms with Crippen LogP contribution in [0.2, 0.25) is 0 Å². The molecule has 1 aliphatic heterocycles. The zero-order valence-corrected chi connectivity index (χ0v) is 14.0. The molecule has 6 heteroatoms. The van der Waals surface area contributed by atoms with Gasteiger partial charge in [-0.2, -0.15) is 0 Å². The molecule has 0 unspecified atom stereocenters. The smallest absolute Gasteiger partial charge is 0.273 e. The van der Waals surface area contributed by atoms with Crippen LogP contribution in [0, 0.1) is 0 Å². The van der Waals surface area contributed by atoms with Gasteiger partial charge in [-0.1, -0.05) is 0 Å². The molecule has 0 atom stereocenters. The number of hydrogen-bond donors (Lipinski definition) is 1. The van der Waals surface area contributed by atoms with Gasteiger partial charge in [0, 0.05) is 44.0 Å². The Hall–Kier alpha value is -0.980. The summed E-state index contributed by atoms with van der Waals surface area (Å²) >= 11 is 1.52. The molecule has 1 amide bonds. The maximum atomic E-state index is 12.5. The highest BCUT2D eigenvalue weighted by atomic mass is 32.1. The molecule has 21 heavy (non-hydrogen) atoms. The van der Waals surface area contributed by atoms with Gasteiger partial charge in [0.1, 0.15) is 5.69 Å². The highest BCUT2D eigenvalue weighted by Gasteiger charge is 2.27. The lowest BCUT2D eigenvalue weighted by atomic mass is 10.0. The van der Waals surface area contributed by atoms with Crippen LogP contribution in [0.3, 0.4) is 0 Å². The van der Waals surface area contributed by atoms with Gasteiger partial charge in [0.25, 0.3) is 5.91 Å².